The van der Waals surface area contributed by atoms with Gasteiger partial charge < -0.3 is 30.2 Å². The Morgan fingerprint density at radius 2 is 2.00 bits per heavy atom. The van der Waals surface area contributed by atoms with Crippen LogP contribution >= 0.6 is 24.0 Å². The highest BCUT2D eigenvalue weighted by Gasteiger charge is 2.12. The number of nitrogens with zero attached hydrogens (tertiary/aromatic N) is 1. The van der Waals surface area contributed by atoms with Crippen molar-refractivity contribution >= 4 is 35.8 Å². The molecular weight excluding hydrogens is 451 g/mol. The van der Waals surface area contributed by atoms with Gasteiger partial charge in [-0.2, -0.15) is 0 Å². The van der Waals surface area contributed by atoms with Gasteiger partial charge in [-0.1, -0.05) is 6.07 Å². The normalized spacial score (nSPS) is 12.3. The van der Waals surface area contributed by atoms with Crippen molar-refractivity contribution in [3.8, 4) is 11.5 Å². The van der Waals surface area contributed by atoms with Crippen molar-refractivity contribution in [3.63, 3.8) is 0 Å². The van der Waals surface area contributed by atoms with E-state index < -0.39 is 0 Å². The highest BCUT2D eigenvalue weighted by atomic mass is 127. The fourth-order valence-electron chi connectivity index (χ4n) is 2.26. The van der Waals surface area contributed by atoms with Crippen molar-refractivity contribution < 1.29 is 19.0 Å². The van der Waals surface area contributed by atoms with Crippen molar-refractivity contribution in [1.29, 1.82) is 0 Å². The van der Waals surface area contributed by atoms with E-state index in [0.29, 0.717) is 25.7 Å². The molecule has 1 aromatic carbocycles. The maximum absolute atomic E-state index is 11.7. The third-order valence-corrected chi connectivity index (χ3v) is 3.50. The molecule has 9 heteroatoms. The minimum atomic E-state index is -0.134. The second-order valence-corrected chi connectivity index (χ2v) is 5.40. The third kappa shape index (κ3) is 7.65. The first-order chi connectivity index (χ1) is 12.2. The Labute approximate surface area is 171 Å². The minimum Gasteiger partial charge on any atom is -0.454 e. The zero-order valence-electron chi connectivity index (χ0n) is 15.2. The molecule has 0 saturated carbocycles. The lowest BCUT2D eigenvalue weighted by molar-refractivity contribution is -0.119. The van der Waals surface area contributed by atoms with E-state index in [1.807, 2.05) is 25.1 Å². The molecule has 2 rings (SSSR count). The maximum atomic E-state index is 11.7. The van der Waals surface area contributed by atoms with Crippen molar-refractivity contribution in [2.45, 2.75) is 13.3 Å². The summed E-state index contributed by atoms with van der Waals surface area (Å²) in [5.41, 5.74) is 1.14. The van der Waals surface area contributed by atoms with Crippen LogP contribution < -0.4 is 25.4 Å². The molecule has 0 saturated heterocycles. The first-order valence-corrected chi connectivity index (χ1v) is 8.39. The number of hydrogen-bond acceptors (Lipinski definition) is 5. The van der Waals surface area contributed by atoms with Gasteiger partial charge in [-0.25, -0.2) is 4.99 Å². The van der Waals surface area contributed by atoms with E-state index in [0.717, 1.165) is 30.0 Å². The molecule has 1 aliphatic rings. The van der Waals surface area contributed by atoms with Crippen LogP contribution in [-0.4, -0.2) is 58.6 Å². The number of amides is 1. The molecule has 3 N–H and O–H groups in total. The van der Waals surface area contributed by atoms with Crippen molar-refractivity contribution in [2.75, 3.05) is 46.7 Å². The number of benzene rings is 1. The molecule has 1 heterocycles. The molecule has 1 amide bonds. The lowest BCUT2D eigenvalue weighted by Gasteiger charge is -2.11. The van der Waals surface area contributed by atoms with E-state index in [4.69, 9.17) is 14.2 Å². The summed E-state index contributed by atoms with van der Waals surface area (Å²) in [5.74, 6) is 2.05. The van der Waals surface area contributed by atoms with Gasteiger partial charge in [0.15, 0.2) is 17.5 Å². The number of aliphatic imine (C=N–C) groups is 1. The summed E-state index contributed by atoms with van der Waals surface area (Å²) < 4.78 is 15.6. The predicted molar refractivity (Wildman–Crippen MR) is 111 cm³/mol. The molecule has 146 valence electrons. The van der Waals surface area contributed by atoms with Crippen LogP contribution in [0.1, 0.15) is 12.5 Å². The Kier molecular flexibility index (Phi) is 10.8. The molecule has 0 bridgehead atoms. The first-order valence-electron chi connectivity index (χ1n) is 8.39. The predicted octanol–water partition coefficient (Wildman–Crippen LogP) is 0.893. The Hall–Kier alpha value is -1.75. The molecule has 1 aliphatic heterocycles. The van der Waals surface area contributed by atoms with Gasteiger partial charge in [0.05, 0.1) is 6.61 Å². The number of carbonyl (C=O) groups excluding carboxylic acids is 1. The number of fused-ring (bicyclic) bond motifs is 1. The van der Waals surface area contributed by atoms with Crippen LogP contribution in [0, 0.1) is 0 Å². The molecule has 8 nitrogen and oxygen atoms in total. The van der Waals surface area contributed by atoms with Crippen LogP contribution in [0.15, 0.2) is 23.2 Å². The van der Waals surface area contributed by atoms with E-state index in [2.05, 4.69) is 20.9 Å². The van der Waals surface area contributed by atoms with Crippen LogP contribution in [0.3, 0.4) is 0 Å². The van der Waals surface area contributed by atoms with E-state index in [1.165, 1.54) is 0 Å². The second-order valence-electron chi connectivity index (χ2n) is 5.40. The molecule has 0 fully saturated rings. The largest absolute Gasteiger partial charge is 0.454 e. The van der Waals surface area contributed by atoms with Crippen molar-refractivity contribution in [1.82, 2.24) is 16.0 Å². The third-order valence-electron chi connectivity index (χ3n) is 3.50. The van der Waals surface area contributed by atoms with E-state index in [1.54, 1.807) is 7.11 Å². The average molecular weight is 478 g/mol. The Balaban J connectivity index is 0.00000338. The molecule has 0 aromatic heterocycles. The summed E-state index contributed by atoms with van der Waals surface area (Å²) in [4.78, 5) is 16.0. The minimum absolute atomic E-state index is 0. The van der Waals surface area contributed by atoms with Gasteiger partial charge in [-0.05, 0) is 31.0 Å². The summed E-state index contributed by atoms with van der Waals surface area (Å²) in [6.07, 6.45) is 0.807. The van der Waals surface area contributed by atoms with Gasteiger partial charge in [0.25, 0.3) is 0 Å². The number of halogens is 1. The molecule has 0 spiro atoms. The quantitative estimate of drug-likeness (QED) is 0.211. The molecule has 0 aliphatic carbocycles. The number of guanidine groups is 1. The summed E-state index contributed by atoms with van der Waals surface area (Å²) in [6.45, 7) is 4.72. The molecule has 0 radical (unpaired) electrons. The number of rotatable bonds is 9. The Morgan fingerprint density at radius 1 is 1.19 bits per heavy atom. The fraction of sp³-hybridized carbons (Fsp3) is 0.529. The maximum Gasteiger partial charge on any atom is 0.241 e. The summed E-state index contributed by atoms with van der Waals surface area (Å²) >= 11 is 0. The van der Waals surface area contributed by atoms with Crippen LogP contribution in [0.25, 0.3) is 0 Å². The molecule has 0 unspecified atom stereocenters. The van der Waals surface area contributed by atoms with Gasteiger partial charge in [-0.3, -0.25) is 4.79 Å². The first kappa shape index (κ1) is 22.3. The molecule has 1 aromatic rings. The van der Waals surface area contributed by atoms with Gasteiger partial charge in [0, 0.05) is 26.7 Å². The van der Waals surface area contributed by atoms with Gasteiger partial charge >= 0.3 is 0 Å². The molecule has 0 atom stereocenters. The number of ether oxygens (including phenoxy) is 3. The summed E-state index contributed by atoms with van der Waals surface area (Å²) in [6, 6.07) is 5.92. The lowest BCUT2D eigenvalue weighted by atomic mass is 10.1. The summed E-state index contributed by atoms with van der Waals surface area (Å²) in [7, 11) is 1.59. The smallest absolute Gasteiger partial charge is 0.241 e. The highest BCUT2D eigenvalue weighted by Crippen LogP contribution is 2.32. The Morgan fingerprint density at radius 3 is 2.77 bits per heavy atom. The number of nitrogens with one attached hydrogen (secondary N) is 3. The highest BCUT2D eigenvalue weighted by molar-refractivity contribution is 14.0. The Bertz CT molecular complexity index is 598. The van der Waals surface area contributed by atoms with Gasteiger partial charge in [0.1, 0.15) is 6.54 Å². The topological polar surface area (TPSA) is 93.2 Å². The van der Waals surface area contributed by atoms with E-state index in [-0.39, 0.29) is 43.2 Å². The van der Waals surface area contributed by atoms with Crippen LogP contribution in [0.2, 0.25) is 0 Å². The number of methoxy groups -OCH3 is 1. The van der Waals surface area contributed by atoms with Crippen molar-refractivity contribution in [2.24, 2.45) is 4.99 Å². The van der Waals surface area contributed by atoms with E-state index in [9.17, 15) is 4.79 Å². The SMILES string of the molecule is CCNC(=NCC(=O)NCCOC)NCCc1ccc2c(c1)OCO2.I. The number of carbonyl (C=O) groups is 1. The van der Waals surface area contributed by atoms with Gasteiger partial charge in [0.2, 0.25) is 12.7 Å². The number of hydrogen-bond donors (Lipinski definition) is 3. The van der Waals surface area contributed by atoms with E-state index >= 15 is 0 Å². The zero-order chi connectivity index (χ0) is 17.9. The standard InChI is InChI=1S/C17H26N4O4.HI/c1-3-18-17(21-11-16(22)19-8-9-23-2)20-7-6-13-4-5-14-15(10-13)25-12-24-14;/h4-5,10H,3,6-9,11-12H2,1-2H3,(H,19,22)(H2,18,20,21);1H. The fourth-order valence-corrected chi connectivity index (χ4v) is 2.26. The van der Waals surface area contributed by atoms with Gasteiger partial charge in [-0.15, -0.1) is 24.0 Å². The molecule has 26 heavy (non-hydrogen) atoms. The van der Waals surface area contributed by atoms with Crippen LogP contribution in [0.4, 0.5) is 0 Å². The summed E-state index contributed by atoms with van der Waals surface area (Å²) in [5, 5.41) is 9.08. The lowest BCUT2D eigenvalue weighted by Crippen LogP contribution is -2.39. The second kappa shape index (κ2) is 12.6. The van der Waals surface area contributed by atoms with Crippen LogP contribution in [-0.2, 0) is 16.0 Å². The average Bonchev–Trinajstić information content (AvgIpc) is 3.07. The van der Waals surface area contributed by atoms with Crippen LogP contribution in [0.5, 0.6) is 11.5 Å². The van der Waals surface area contributed by atoms with Crippen molar-refractivity contribution in [3.05, 3.63) is 23.8 Å². The monoisotopic (exact) mass is 478 g/mol. The zero-order valence-corrected chi connectivity index (χ0v) is 17.5. The molecular formula is C17H27IN4O4.